The van der Waals surface area contributed by atoms with Crippen LogP contribution in [0.5, 0.6) is 0 Å². The Morgan fingerprint density at radius 3 is 1.66 bits per heavy atom. The number of aromatic nitrogens is 2. The molecule has 56 heavy (non-hydrogen) atoms. The maximum Gasteiger partial charge on any atom is 0.0727 e. The minimum atomic E-state index is -0.0642. The zero-order valence-corrected chi connectivity index (χ0v) is 31.9. The summed E-state index contributed by atoms with van der Waals surface area (Å²) >= 11 is 1.89. The van der Waals surface area contributed by atoms with Gasteiger partial charge in [0, 0.05) is 43.0 Å². The van der Waals surface area contributed by atoms with E-state index >= 15 is 0 Å². The first kappa shape index (κ1) is 31.6. The van der Waals surface area contributed by atoms with Gasteiger partial charge in [0.2, 0.25) is 0 Å². The highest BCUT2D eigenvalue weighted by Gasteiger charge is 2.36. The largest absolute Gasteiger partial charge is 0.309 e. The SMILES string of the molecule is CC1(C)c2ccccc2-c2cc3c4cc(-c5ccc(-c6ccc7c(c6)c6sc8ccccc8c6n7-c6ccccc6)cc5)ccc4n(-c4ccccc4)c3cc21. The lowest BCUT2D eigenvalue weighted by Crippen LogP contribution is -2.14. The number of rotatable bonds is 4. The molecule has 2 nitrogen and oxygen atoms in total. The van der Waals surface area contributed by atoms with Crippen LogP contribution in [-0.4, -0.2) is 9.13 Å². The van der Waals surface area contributed by atoms with Gasteiger partial charge in [0.1, 0.15) is 0 Å². The maximum atomic E-state index is 2.46. The first-order valence-electron chi connectivity index (χ1n) is 19.4. The van der Waals surface area contributed by atoms with Gasteiger partial charge in [0.25, 0.3) is 0 Å². The molecular formula is C53H36N2S. The van der Waals surface area contributed by atoms with Gasteiger partial charge < -0.3 is 9.13 Å². The predicted molar refractivity (Wildman–Crippen MR) is 239 cm³/mol. The number of benzene rings is 8. The second-order valence-electron chi connectivity index (χ2n) is 15.7. The summed E-state index contributed by atoms with van der Waals surface area (Å²) in [5.74, 6) is 0. The molecule has 1 aliphatic rings. The molecule has 3 aromatic heterocycles. The summed E-state index contributed by atoms with van der Waals surface area (Å²) in [4.78, 5) is 0. The minimum Gasteiger partial charge on any atom is -0.309 e. The van der Waals surface area contributed by atoms with Crippen LogP contribution in [0.3, 0.4) is 0 Å². The summed E-state index contributed by atoms with van der Waals surface area (Å²) in [6.45, 7) is 4.73. The van der Waals surface area contributed by atoms with Gasteiger partial charge in [-0.2, -0.15) is 0 Å². The van der Waals surface area contributed by atoms with Crippen molar-refractivity contribution in [2.45, 2.75) is 19.3 Å². The third kappa shape index (κ3) is 4.43. The molecule has 0 bridgehead atoms. The van der Waals surface area contributed by atoms with Crippen LogP contribution in [0.4, 0.5) is 0 Å². The summed E-state index contributed by atoms with van der Waals surface area (Å²) < 4.78 is 7.55. The Labute approximate surface area is 329 Å². The van der Waals surface area contributed by atoms with E-state index in [1.165, 1.54) is 109 Å². The van der Waals surface area contributed by atoms with Crippen molar-refractivity contribution in [2.24, 2.45) is 0 Å². The van der Waals surface area contributed by atoms with Crippen LogP contribution in [0.1, 0.15) is 25.0 Å². The molecule has 0 radical (unpaired) electrons. The van der Waals surface area contributed by atoms with E-state index in [1.807, 2.05) is 11.3 Å². The van der Waals surface area contributed by atoms with Gasteiger partial charge in [-0.25, -0.2) is 0 Å². The number of hydrogen-bond acceptors (Lipinski definition) is 1. The molecule has 0 aliphatic heterocycles. The lowest BCUT2D eigenvalue weighted by Gasteiger charge is -2.21. The van der Waals surface area contributed by atoms with Crippen LogP contribution in [0, 0.1) is 0 Å². The Balaban J connectivity index is 0.990. The van der Waals surface area contributed by atoms with Crippen molar-refractivity contribution in [3.8, 4) is 44.8 Å². The van der Waals surface area contributed by atoms with Crippen molar-refractivity contribution in [1.82, 2.24) is 9.13 Å². The number of nitrogens with zero attached hydrogens (tertiary/aromatic N) is 2. The van der Waals surface area contributed by atoms with Gasteiger partial charge in [0.15, 0.2) is 0 Å². The maximum absolute atomic E-state index is 2.46. The molecule has 3 heterocycles. The Morgan fingerprint density at radius 1 is 0.393 bits per heavy atom. The van der Waals surface area contributed by atoms with Gasteiger partial charge in [0.05, 0.1) is 26.8 Å². The average molecular weight is 733 g/mol. The van der Waals surface area contributed by atoms with Crippen LogP contribution in [0.25, 0.3) is 97.8 Å². The molecule has 11 aromatic rings. The van der Waals surface area contributed by atoms with Gasteiger partial charge in [-0.1, -0.05) is 129 Å². The fourth-order valence-electron chi connectivity index (χ4n) is 9.60. The average Bonchev–Trinajstić information content (AvgIpc) is 3.95. The van der Waals surface area contributed by atoms with E-state index in [9.17, 15) is 0 Å². The summed E-state index contributed by atoms with van der Waals surface area (Å²) in [5, 5.41) is 5.16. The van der Waals surface area contributed by atoms with E-state index in [2.05, 4.69) is 205 Å². The smallest absolute Gasteiger partial charge is 0.0727 e. The van der Waals surface area contributed by atoms with Crippen LogP contribution in [-0.2, 0) is 5.41 Å². The first-order valence-corrected chi connectivity index (χ1v) is 20.2. The highest BCUT2D eigenvalue weighted by molar-refractivity contribution is 7.26. The Hall–Kier alpha value is -6.68. The highest BCUT2D eigenvalue weighted by atomic mass is 32.1. The summed E-state index contributed by atoms with van der Waals surface area (Å²) in [5.41, 5.74) is 17.7. The summed E-state index contributed by atoms with van der Waals surface area (Å²) in [7, 11) is 0. The van der Waals surface area contributed by atoms with Crippen LogP contribution in [0.15, 0.2) is 182 Å². The predicted octanol–water partition coefficient (Wildman–Crippen LogP) is 14.7. The number of thiophene rings is 1. The third-order valence-corrected chi connectivity index (χ3v) is 13.5. The number of para-hydroxylation sites is 2. The highest BCUT2D eigenvalue weighted by Crippen LogP contribution is 2.51. The van der Waals surface area contributed by atoms with E-state index in [4.69, 9.17) is 0 Å². The number of hydrogen-bond donors (Lipinski definition) is 0. The molecule has 264 valence electrons. The minimum absolute atomic E-state index is 0.0642. The van der Waals surface area contributed by atoms with Crippen molar-refractivity contribution in [3.05, 3.63) is 193 Å². The van der Waals surface area contributed by atoms with E-state index in [1.54, 1.807) is 0 Å². The van der Waals surface area contributed by atoms with Crippen molar-refractivity contribution in [1.29, 1.82) is 0 Å². The number of fused-ring (bicyclic) bond motifs is 11. The molecule has 0 unspecified atom stereocenters. The summed E-state index contributed by atoms with van der Waals surface area (Å²) in [6.07, 6.45) is 0. The quantitative estimate of drug-likeness (QED) is 0.170. The van der Waals surface area contributed by atoms with Crippen molar-refractivity contribution < 1.29 is 0 Å². The molecule has 0 N–H and O–H groups in total. The summed E-state index contributed by atoms with van der Waals surface area (Å²) in [6, 6.07) is 67.4. The zero-order valence-electron chi connectivity index (χ0n) is 31.1. The topological polar surface area (TPSA) is 9.86 Å². The van der Waals surface area contributed by atoms with E-state index in [-0.39, 0.29) is 5.41 Å². The van der Waals surface area contributed by atoms with Crippen LogP contribution in [0.2, 0.25) is 0 Å². The molecule has 0 amide bonds. The molecule has 0 saturated heterocycles. The molecule has 0 saturated carbocycles. The second-order valence-corrected chi connectivity index (χ2v) is 16.8. The van der Waals surface area contributed by atoms with Crippen molar-refractivity contribution in [3.63, 3.8) is 0 Å². The Bertz CT molecular complexity index is 3360. The Morgan fingerprint density at radius 2 is 0.946 bits per heavy atom. The fourth-order valence-corrected chi connectivity index (χ4v) is 10.8. The Kier molecular flexibility index (Phi) is 6.59. The lowest BCUT2D eigenvalue weighted by molar-refractivity contribution is 0.661. The molecule has 8 aromatic carbocycles. The standard InChI is InChI=1S/C53H36N2S/c1-53(2)45-19-11-9-17-39(45)41-31-43-42-29-35(25-27-47(42)54(49(43)32-46(41)53)37-13-5-3-6-14-37)33-21-23-34(24-22-33)36-26-28-48-44(30-36)52-51(40-18-10-12-20-50(40)56-52)55(48)38-15-7-4-8-16-38/h3-32H,1-2H3. The van der Waals surface area contributed by atoms with Gasteiger partial charge in [-0.3, -0.25) is 0 Å². The van der Waals surface area contributed by atoms with E-state index in [0.29, 0.717) is 0 Å². The second kappa shape index (κ2) is 11.7. The molecular weight excluding hydrogens is 697 g/mol. The fraction of sp³-hybridized carbons (Fsp3) is 0.0566. The van der Waals surface area contributed by atoms with E-state index in [0.717, 1.165) is 0 Å². The van der Waals surface area contributed by atoms with Gasteiger partial charge >= 0.3 is 0 Å². The normalized spacial score (nSPS) is 13.3. The third-order valence-electron chi connectivity index (χ3n) is 12.3. The van der Waals surface area contributed by atoms with Gasteiger partial charge in [-0.05, 0) is 111 Å². The lowest BCUT2D eigenvalue weighted by atomic mass is 9.82. The molecule has 12 rings (SSSR count). The monoisotopic (exact) mass is 732 g/mol. The van der Waals surface area contributed by atoms with Crippen LogP contribution >= 0.6 is 11.3 Å². The van der Waals surface area contributed by atoms with Crippen molar-refractivity contribution >= 4 is 64.3 Å². The van der Waals surface area contributed by atoms with Crippen molar-refractivity contribution in [2.75, 3.05) is 0 Å². The van der Waals surface area contributed by atoms with Crippen LogP contribution < -0.4 is 0 Å². The molecule has 0 spiro atoms. The zero-order chi connectivity index (χ0) is 37.1. The molecule has 0 atom stereocenters. The molecule has 1 aliphatic carbocycles. The van der Waals surface area contributed by atoms with E-state index < -0.39 is 0 Å². The first-order chi connectivity index (χ1) is 27.5. The van der Waals surface area contributed by atoms with Gasteiger partial charge in [-0.15, -0.1) is 11.3 Å². The molecule has 3 heteroatoms. The molecule has 0 fully saturated rings.